The van der Waals surface area contributed by atoms with Gasteiger partial charge in [-0.2, -0.15) is 4.98 Å². The molecule has 9 nitrogen and oxygen atoms in total. The number of amides is 1. The van der Waals surface area contributed by atoms with Gasteiger partial charge in [-0.25, -0.2) is 4.98 Å². The van der Waals surface area contributed by atoms with Crippen LogP contribution < -0.4 is 19.7 Å². The van der Waals surface area contributed by atoms with E-state index < -0.39 is 0 Å². The SMILES string of the molecule is COc1ccc(OC)c(CNC(=O)C2CCN(c3ncccc3-c3nc(-c4ccccc4)no3)CC2)c1. The molecule has 3 heterocycles. The number of nitrogens with zero attached hydrogens (tertiary/aromatic N) is 4. The van der Waals surface area contributed by atoms with E-state index >= 15 is 0 Å². The highest BCUT2D eigenvalue weighted by Crippen LogP contribution is 2.32. The first kappa shape index (κ1) is 24.3. The number of nitrogens with one attached hydrogen (secondary N) is 1. The van der Waals surface area contributed by atoms with Crippen molar-refractivity contribution >= 4 is 11.7 Å². The number of pyridine rings is 1. The van der Waals surface area contributed by atoms with Crippen LogP contribution in [-0.4, -0.2) is 48.3 Å². The molecule has 0 radical (unpaired) electrons. The molecule has 1 saturated heterocycles. The second kappa shape index (κ2) is 11.1. The van der Waals surface area contributed by atoms with E-state index in [1.165, 1.54) is 0 Å². The fraction of sp³-hybridized carbons (Fsp3) is 0.286. The van der Waals surface area contributed by atoms with Crippen LogP contribution >= 0.6 is 0 Å². The van der Waals surface area contributed by atoms with Crippen molar-refractivity contribution in [1.82, 2.24) is 20.4 Å². The highest BCUT2D eigenvalue weighted by Gasteiger charge is 2.28. The summed E-state index contributed by atoms with van der Waals surface area (Å²) in [4.78, 5) is 24.3. The van der Waals surface area contributed by atoms with Gasteiger partial charge in [0.05, 0.1) is 19.8 Å². The highest BCUT2D eigenvalue weighted by atomic mass is 16.5. The number of ether oxygens (including phenoxy) is 2. The van der Waals surface area contributed by atoms with Crippen molar-refractivity contribution in [2.75, 3.05) is 32.2 Å². The predicted molar refractivity (Wildman–Crippen MR) is 139 cm³/mol. The summed E-state index contributed by atoms with van der Waals surface area (Å²) in [5, 5.41) is 7.21. The lowest BCUT2D eigenvalue weighted by Crippen LogP contribution is -2.40. The Balaban J connectivity index is 1.23. The fourth-order valence-electron chi connectivity index (χ4n) is 4.55. The number of methoxy groups -OCH3 is 2. The van der Waals surface area contributed by atoms with E-state index in [-0.39, 0.29) is 11.8 Å². The largest absolute Gasteiger partial charge is 0.497 e. The van der Waals surface area contributed by atoms with Crippen LogP contribution in [0.25, 0.3) is 22.8 Å². The lowest BCUT2D eigenvalue weighted by molar-refractivity contribution is -0.125. The molecule has 0 aliphatic carbocycles. The Morgan fingerprint density at radius 1 is 1.05 bits per heavy atom. The summed E-state index contributed by atoms with van der Waals surface area (Å²) in [7, 11) is 3.23. The molecule has 2 aromatic heterocycles. The maximum Gasteiger partial charge on any atom is 0.261 e. The molecular weight excluding hydrogens is 470 g/mol. The third kappa shape index (κ3) is 5.40. The van der Waals surface area contributed by atoms with Crippen molar-refractivity contribution in [3.63, 3.8) is 0 Å². The van der Waals surface area contributed by atoms with Gasteiger partial charge in [0.15, 0.2) is 0 Å². The fourth-order valence-corrected chi connectivity index (χ4v) is 4.55. The first-order valence-electron chi connectivity index (χ1n) is 12.2. The van der Waals surface area contributed by atoms with Crippen LogP contribution in [0.1, 0.15) is 18.4 Å². The summed E-state index contributed by atoms with van der Waals surface area (Å²) in [6, 6.07) is 19.1. The molecule has 0 atom stereocenters. The normalized spacial score (nSPS) is 13.8. The number of anilines is 1. The van der Waals surface area contributed by atoms with Gasteiger partial charge in [-0.05, 0) is 43.2 Å². The Hall–Kier alpha value is -4.40. The van der Waals surface area contributed by atoms with Gasteiger partial charge >= 0.3 is 0 Å². The number of benzene rings is 2. The van der Waals surface area contributed by atoms with Gasteiger partial charge in [0.25, 0.3) is 5.89 Å². The topological polar surface area (TPSA) is 103 Å². The van der Waals surface area contributed by atoms with Gasteiger partial charge in [0, 0.05) is 42.9 Å². The summed E-state index contributed by atoms with van der Waals surface area (Å²) in [5.74, 6) is 3.15. The third-order valence-corrected chi connectivity index (χ3v) is 6.58. The van der Waals surface area contributed by atoms with Crippen molar-refractivity contribution in [2.45, 2.75) is 19.4 Å². The predicted octanol–water partition coefficient (Wildman–Crippen LogP) is 4.35. The van der Waals surface area contributed by atoms with Crippen molar-refractivity contribution in [3.05, 3.63) is 72.4 Å². The third-order valence-electron chi connectivity index (χ3n) is 6.58. The number of piperidine rings is 1. The standard InChI is InChI=1S/C28H29N5O4/c1-35-22-10-11-24(36-2)21(17-22)18-30-27(34)20-12-15-33(16-13-20)26-23(9-6-14-29-26)28-31-25(32-37-28)19-7-4-3-5-8-19/h3-11,14,17,20H,12-13,15-16,18H2,1-2H3,(H,30,34). The minimum Gasteiger partial charge on any atom is -0.497 e. The van der Waals surface area contributed by atoms with Crippen LogP contribution in [0.4, 0.5) is 5.82 Å². The van der Waals surface area contributed by atoms with Gasteiger partial charge < -0.3 is 24.2 Å². The molecule has 0 unspecified atom stereocenters. The summed E-state index contributed by atoms with van der Waals surface area (Å²) in [6.07, 6.45) is 3.19. The minimum absolute atomic E-state index is 0.0372. The Morgan fingerprint density at radius 2 is 1.86 bits per heavy atom. The number of hydrogen-bond donors (Lipinski definition) is 1. The molecule has 1 N–H and O–H groups in total. The van der Waals surface area contributed by atoms with E-state index in [0.717, 1.165) is 46.8 Å². The van der Waals surface area contributed by atoms with E-state index in [9.17, 15) is 4.79 Å². The zero-order valence-corrected chi connectivity index (χ0v) is 20.9. The first-order valence-corrected chi connectivity index (χ1v) is 12.2. The van der Waals surface area contributed by atoms with E-state index in [0.29, 0.717) is 31.3 Å². The molecule has 9 heteroatoms. The van der Waals surface area contributed by atoms with E-state index in [2.05, 4.69) is 25.3 Å². The van der Waals surface area contributed by atoms with Gasteiger partial charge in [0.1, 0.15) is 17.3 Å². The number of aromatic nitrogens is 3. The van der Waals surface area contributed by atoms with Gasteiger partial charge in [-0.1, -0.05) is 35.5 Å². The molecule has 1 aliphatic rings. The number of carbonyl (C=O) groups excluding carboxylic acids is 1. The Morgan fingerprint density at radius 3 is 2.62 bits per heavy atom. The number of carbonyl (C=O) groups is 1. The number of hydrogen-bond acceptors (Lipinski definition) is 8. The van der Waals surface area contributed by atoms with Crippen molar-refractivity contribution in [3.8, 4) is 34.3 Å². The summed E-state index contributed by atoms with van der Waals surface area (Å²) in [6.45, 7) is 1.78. The van der Waals surface area contributed by atoms with Crippen LogP contribution in [0, 0.1) is 5.92 Å². The average Bonchev–Trinajstić information content (AvgIpc) is 3.46. The molecule has 2 aromatic carbocycles. The zero-order chi connectivity index (χ0) is 25.6. The molecule has 1 amide bonds. The lowest BCUT2D eigenvalue weighted by atomic mass is 9.95. The molecule has 37 heavy (non-hydrogen) atoms. The van der Waals surface area contributed by atoms with Crippen molar-refractivity contribution in [1.29, 1.82) is 0 Å². The Kier molecular flexibility index (Phi) is 7.30. The Bertz CT molecular complexity index is 1350. The van der Waals surface area contributed by atoms with Crippen LogP contribution in [0.3, 0.4) is 0 Å². The smallest absolute Gasteiger partial charge is 0.261 e. The monoisotopic (exact) mass is 499 g/mol. The molecular formula is C28H29N5O4. The molecule has 190 valence electrons. The molecule has 0 saturated carbocycles. The molecule has 5 rings (SSSR count). The maximum atomic E-state index is 12.9. The van der Waals surface area contributed by atoms with E-state index in [1.54, 1.807) is 20.4 Å². The van der Waals surface area contributed by atoms with E-state index in [4.69, 9.17) is 14.0 Å². The molecule has 0 bridgehead atoms. The molecule has 1 aliphatic heterocycles. The highest BCUT2D eigenvalue weighted by molar-refractivity contribution is 5.79. The van der Waals surface area contributed by atoms with Crippen LogP contribution in [0.2, 0.25) is 0 Å². The van der Waals surface area contributed by atoms with Gasteiger partial charge in [-0.15, -0.1) is 0 Å². The van der Waals surface area contributed by atoms with E-state index in [1.807, 2.05) is 60.7 Å². The summed E-state index contributed by atoms with van der Waals surface area (Å²) in [5.41, 5.74) is 2.55. The van der Waals surface area contributed by atoms with Gasteiger partial charge in [-0.3, -0.25) is 4.79 Å². The maximum absolute atomic E-state index is 12.9. The van der Waals surface area contributed by atoms with Crippen LogP contribution in [-0.2, 0) is 11.3 Å². The molecule has 1 fully saturated rings. The zero-order valence-electron chi connectivity index (χ0n) is 20.9. The second-order valence-corrected chi connectivity index (χ2v) is 8.82. The summed E-state index contributed by atoms with van der Waals surface area (Å²) < 4.78 is 16.3. The quantitative estimate of drug-likeness (QED) is 0.382. The van der Waals surface area contributed by atoms with Crippen molar-refractivity contribution < 1.29 is 18.8 Å². The average molecular weight is 500 g/mol. The summed E-state index contributed by atoms with van der Waals surface area (Å²) >= 11 is 0. The van der Waals surface area contributed by atoms with Crippen LogP contribution in [0.15, 0.2) is 71.4 Å². The Labute approximate surface area is 215 Å². The second-order valence-electron chi connectivity index (χ2n) is 8.82. The lowest BCUT2D eigenvalue weighted by Gasteiger charge is -2.32. The van der Waals surface area contributed by atoms with Gasteiger partial charge in [0.2, 0.25) is 11.7 Å². The van der Waals surface area contributed by atoms with Crippen molar-refractivity contribution in [2.24, 2.45) is 5.92 Å². The first-order chi connectivity index (χ1) is 18.2. The van der Waals surface area contributed by atoms with Crippen LogP contribution in [0.5, 0.6) is 11.5 Å². The number of rotatable bonds is 8. The molecule has 0 spiro atoms. The minimum atomic E-state index is -0.0758. The molecule has 4 aromatic rings.